The number of hydrogen-bond acceptors (Lipinski definition) is 4. The maximum absolute atomic E-state index is 6.52. The fraction of sp³-hybridized carbons (Fsp3) is 0.412. The number of halogens is 1. The predicted molar refractivity (Wildman–Crippen MR) is 111 cm³/mol. The number of rotatable bonds is 7. The molecule has 0 saturated heterocycles. The SMILES string of the molecule is CC[Si](CC)(CC)Oc1ncn2c(Cc3cccnc3)c(I)sc12. The highest BCUT2D eigenvalue weighted by molar-refractivity contribution is 14.1. The predicted octanol–water partition coefficient (Wildman–Crippen LogP) is 5.37. The third kappa shape index (κ3) is 3.38. The summed E-state index contributed by atoms with van der Waals surface area (Å²) in [7, 11) is -1.70. The minimum atomic E-state index is -1.70. The minimum absolute atomic E-state index is 0.826. The summed E-state index contributed by atoms with van der Waals surface area (Å²) in [5.41, 5.74) is 2.48. The maximum atomic E-state index is 6.52. The van der Waals surface area contributed by atoms with E-state index in [0.717, 1.165) is 35.3 Å². The topological polar surface area (TPSA) is 39.4 Å². The molecule has 0 saturated carbocycles. The van der Waals surface area contributed by atoms with E-state index in [4.69, 9.17) is 4.43 Å². The van der Waals surface area contributed by atoms with Gasteiger partial charge in [-0.2, -0.15) is 0 Å². The summed E-state index contributed by atoms with van der Waals surface area (Å²) in [5, 5.41) is 0. The molecule has 3 aromatic rings. The Balaban J connectivity index is 1.95. The largest absolute Gasteiger partial charge is 0.529 e. The van der Waals surface area contributed by atoms with Gasteiger partial charge in [-0.25, -0.2) is 4.98 Å². The van der Waals surface area contributed by atoms with Crippen LogP contribution in [0.4, 0.5) is 0 Å². The molecular weight excluding hydrogens is 449 g/mol. The molecule has 0 fully saturated rings. The van der Waals surface area contributed by atoms with Gasteiger partial charge in [-0.1, -0.05) is 26.8 Å². The number of nitrogens with zero attached hydrogens (tertiary/aromatic N) is 3. The highest BCUT2D eigenvalue weighted by Crippen LogP contribution is 2.35. The standard InChI is InChI=1S/C17H22IN3OSSi/c1-4-24(5-2,6-3)22-16-17-21(12-20-16)14(15(18)23-17)10-13-8-7-9-19-11-13/h7-9,11-12H,4-6,10H2,1-3H3. The van der Waals surface area contributed by atoms with Gasteiger partial charge in [0, 0.05) is 18.8 Å². The van der Waals surface area contributed by atoms with E-state index in [9.17, 15) is 0 Å². The summed E-state index contributed by atoms with van der Waals surface area (Å²) in [6.45, 7) is 6.75. The molecule has 3 heterocycles. The highest BCUT2D eigenvalue weighted by atomic mass is 127. The molecular formula is C17H22IN3OSSi. The molecule has 0 radical (unpaired) electrons. The molecule has 0 N–H and O–H groups in total. The van der Waals surface area contributed by atoms with E-state index in [0.29, 0.717) is 0 Å². The van der Waals surface area contributed by atoms with Crippen LogP contribution in [0.25, 0.3) is 4.83 Å². The van der Waals surface area contributed by atoms with Crippen molar-refractivity contribution in [1.82, 2.24) is 14.4 Å². The third-order valence-electron chi connectivity index (χ3n) is 4.74. The maximum Gasteiger partial charge on any atom is 0.252 e. The van der Waals surface area contributed by atoms with Gasteiger partial charge >= 0.3 is 0 Å². The first-order valence-corrected chi connectivity index (χ1v) is 12.8. The van der Waals surface area contributed by atoms with Crippen molar-refractivity contribution in [1.29, 1.82) is 0 Å². The van der Waals surface area contributed by atoms with E-state index in [1.165, 1.54) is 14.1 Å². The monoisotopic (exact) mass is 471 g/mol. The van der Waals surface area contributed by atoms with Crippen LogP contribution in [0.3, 0.4) is 0 Å². The van der Waals surface area contributed by atoms with Crippen molar-refractivity contribution in [3.8, 4) is 5.88 Å². The number of imidazole rings is 1. The van der Waals surface area contributed by atoms with Gasteiger partial charge in [-0.3, -0.25) is 9.38 Å². The number of aromatic nitrogens is 3. The van der Waals surface area contributed by atoms with Gasteiger partial charge in [-0.15, -0.1) is 11.3 Å². The average molecular weight is 471 g/mol. The van der Waals surface area contributed by atoms with Crippen molar-refractivity contribution in [2.24, 2.45) is 0 Å². The quantitative estimate of drug-likeness (QED) is 0.344. The Labute approximate surface area is 161 Å². The average Bonchev–Trinajstić information content (AvgIpc) is 3.14. The minimum Gasteiger partial charge on any atom is -0.529 e. The van der Waals surface area contributed by atoms with Gasteiger partial charge < -0.3 is 4.43 Å². The molecule has 0 bridgehead atoms. The van der Waals surface area contributed by atoms with Crippen molar-refractivity contribution < 1.29 is 4.43 Å². The lowest BCUT2D eigenvalue weighted by Gasteiger charge is -2.27. The lowest BCUT2D eigenvalue weighted by molar-refractivity contribution is 0.520. The Kier molecular flexibility index (Phi) is 5.61. The molecule has 0 amide bonds. The number of hydrogen-bond donors (Lipinski definition) is 0. The third-order valence-corrected chi connectivity index (χ3v) is 11.5. The first-order chi connectivity index (χ1) is 11.6. The second kappa shape index (κ2) is 7.53. The van der Waals surface area contributed by atoms with Crippen LogP contribution < -0.4 is 4.43 Å². The highest BCUT2D eigenvalue weighted by Gasteiger charge is 2.32. The number of thiazole rings is 1. The molecule has 0 atom stereocenters. The van der Waals surface area contributed by atoms with Crippen LogP contribution in [0.1, 0.15) is 32.0 Å². The summed E-state index contributed by atoms with van der Waals surface area (Å²) in [6.07, 6.45) is 6.51. The molecule has 0 unspecified atom stereocenters. The molecule has 3 aromatic heterocycles. The molecule has 0 aliphatic rings. The molecule has 0 aromatic carbocycles. The smallest absolute Gasteiger partial charge is 0.252 e. The van der Waals surface area contributed by atoms with Gasteiger partial charge in [0.2, 0.25) is 5.88 Å². The van der Waals surface area contributed by atoms with Crippen LogP contribution in [-0.2, 0) is 6.42 Å². The van der Waals surface area contributed by atoms with Gasteiger partial charge in [-0.05, 0) is 52.4 Å². The first-order valence-electron chi connectivity index (χ1n) is 8.34. The summed E-state index contributed by atoms with van der Waals surface area (Å²) < 4.78 is 10.00. The zero-order valence-corrected chi connectivity index (χ0v) is 18.2. The normalized spacial score (nSPS) is 12.0. The second-order valence-corrected chi connectivity index (χ2v) is 13.4. The zero-order valence-electron chi connectivity index (χ0n) is 14.3. The summed E-state index contributed by atoms with van der Waals surface area (Å²) in [5.74, 6) is 0.826. The van der Waals surface area contributed by atoms with Crippen molar-refractivity contribution in [3.63, 3.8) is 0 Å². The fourth-order valence-corrected chi connectivity index (χ4v) is 7.48. The Morgan fingerprint density at radius 1 is 1.25 bits per heavy atom. The lowest BCUT2D eigenvalue weighted by atomic mass is 10.2. The van der Waals surface area contributed by atoms with Crippen LogP contribution in [0.15, 0.2) is 30.9 Å². The van der Waals surface area contributed by atoms with E-state index >= 15 is 0 Å². The van der Waals surface area contributed by atoms with E-state index in [-0.39, 0.29) is 0 Å². The lowest BCUT2D eigenvalue weighted by Crippen LogP contribution is -2.39. The zero-order chi connectivity index (χ0) is 17.2. The van der Waals surface area contributed by atoms with E-state index in [1.807, 2.05) is 24.8 Å². The van der Waals surface area contributed by atoms with Gasteiger partial charge in [0.1, 0.15) is 6.33 Å². The molecule has 0 spiro atoms. The Morgan fingerprint density at radius 2 is 2.00 bits per heavy atom. The molecule has 4 nitrogen and oxygen atoms in total. The fourth-order valence-electron chi connectivity index (χ4n) is 2.94. The second-order valence-electron chi connectivity index (χ2n) is 5.93. The Morgan fingerprint density at radius 3 is 2.62 bits per heavy atom. The molecule has 3 rings (SSSR count). The van der Waals surface area contributed by atoms with Crippen molar-refractivity contribution in [2.45, 2.75) is 45.3 Å². The number of fused-ring (bicyclic) bond motifs is 1. The first kappa shape index (κ1) is 17.9. The Hall–Kier alpha value is -0.933. The summed E-state index contributed by atoms with van der Waals surface area (Å²) in [4.78, 5) is 9.94. The van der Waals surface area contributed by atoms with Crippen molar-refractivity contribution >= 4 is 47.1 Å². The molecule has 128 valence electrons. The number of pyridine rings is 1. The van der Waals surface area contributed by atoms with Gasteiger partial charge in [0.15, 0.2) is 4.83 Å². The van der Waals surface area contributed by atoms with E-state index in [1.54, 1.807) is 11.3 Å². The van der Waals surface area contributed by atoms with Gasteiger partial charge in [0.25, 0.3) is 8.32 Å². The molecule has 24 heavy (non-hydrogen) atoms. The van der Waals surface area contributed by atoms with Crippen LogP contribution >= 0.6 is 33.9 Å². The Bertz CT molecular complexity index is 806. The molecule has 0 aliphatic carbocycles. The van der Waals surface area contributed by atoms with Crippen molar-refractivity contribution in [3.05, 3.63) is 45.0 Å². The van der Waals surface area contributed by atoms with Crippen molar-refractivity contribution in [2.75, 3.05) is 0 Å². The van der Waals surface area contributed by atoms with Gasteiger partial charge in [0.05, 0.1) is 8.58 Å². The summed E-state index contributed by atoms with van der Waals surface area (Å²) >= 11 is 4.19. The van der Waals surface area contributed by atoms with Crippen LogP contribution in [0, 0.1) is 2.88 Å². The van der Waals surface area contributed by atoms with Crippen LogP contribution in [-0.4, -0.2) is 22.7 Å². The molecule has 0 aliphatic heterocycles. The van der Waals surface area contributed by atoms with E-state index < -0.39 is 8.32 Å². The summed E-state index contributed by atoms with van der Waals surface area (Å²) in [6, 6.07) is 7.49. The van der Waals surface area contributed by atoms with Crippen LogP contribution in [0.5, 0.6) is 5.88 Å². The molecule has 7 heteroatoms. The van der Waals surface area contributed by atoms with E-state index in [2.05, 4.69) is 63.8 Å². The van der Waals surface area contributed by atoms with Crippen LogP contribution in [0.2, 0.25) is 18.1 Å².